The number of hydrogen-bond donors (Lipinski definition) is 2. The zero-order chi connectivity index (χ0) is 15.0. The Kier molecular flexibility index (Phi) is 3.36. The van der Waals surface area contributed by atoms with Crippen molar-refractivity contribution in [2.75, 3.05) is 5.32 Å². The molecule has 2 aromatic heterocycles. The second-order valence-electron chi connectivity index (χ2n) is 4.17. The Balaban J connectivity index is 1.99. The van der Waals surface area contributed by atoms with E-state index in [-0.39, 0.29) is 16.4 Å². The number of halogens is 1. The minimum Gasteiger partial charge on any atom is -0.366 e. The van der Waals surface area contributed by atoms with Crippen LogP contribution in [0.5, 0.6) is 0 Å². The Morgan fingerprint density at radius 1 is 1.33 bits per heavy atom. The molecule has 21 heavy (non-hydrogen) atoms. The Bertz CT molecular complexity index is 855. The lowest BCUT2D eigenvalue weighted by molar-refractivity contribution is 0.100. The van der Waals surface area contributed by atoms with Gasteiger partial charge in [0.2, 0.25) is 0 Å². The van der Waals surface area contributed by atoms with Crippen molar-refractivity contribution in [3.63, 3.8) is 0 Å². The number of nitrogens with zero attached hydrogens (tertiary/aromatic N) is 2. The zero-order valence-corrected chi connectivity index (χ0v) is 12.1. The highest BCUT2D eigenvalue weighted by Gasteiger charge is 2.20. The first-order chi connectivity index (χ1) is 10.1. The lowest BCUT2D eigenvalue weighted by Crippen LogP contribution is -2.19. The van der Waals surface area contributed by atoms with E-state index >= 15 is 0 Å². The van der Waals surface area contributed by atoms with Crippen molar-refractivity contribution >= 4 is 45.4 Å². The molecule has 0 aliphatic carbocycles. The normalized spacial score (nSPS) is 10.7. The van der Waals surface area contributed by atoms with Crippen LogP contribution in [-0.2, 0) is 0 Å². The second-order valence-corrected chi connectivity index (χ2v) is 5.40. The molecule has 0 radical (unpaired) electrons. The SMILES string of the molecule is NC(=O)c1ccccc1NC(=O)c1c(Cl)nc2sccn12. The van der Waals surface area contributed by atoms with Gasteiger partial charge in [-0.25, -0.2) is 4.98 Å². The number of hydrogen-bond acceptors (Lipinski definition) is 4. The third kappa shape index (κ3) is 2.37. The summed E-state index contributed by atoms with van der Waals surface area (Å²) in [6.07, 6.45) is 1.70. The number of carbonyl (C=O) groups excluding carboxylic acids is 2. The number of primary amides is 1. The summed E-state index contributed by atoms with van der Waals surface area (Å²) in [6.45, 7) is 0. The summed E-state index contributed by atoms with van der Waals surface area (Å²) in [7, 11) is 0. The van der Waals surface area contributed by atoms with Gasteiger partial charge in [0.05, 0.1) is 11.3 Å². The number of nitrogens with two attached hydrogens (primary N) is 1. The number of fused-ring (bicyclic) bond motifs is 1. The Morgan fingerprint density at radius 3 is 2.86 bits per heavy atom. The van der Waals surface area contributed by atoms with Crippen molar-refractivity contribution in [1.29, 1.82) is 0 Å². The summed E-state index contributed by atoms with van der Waals surface area (Å²) in [5, 5.41) is 4.54. The number of benzene rings is 1. The molecule has 6 nitrogen and oxygen atoms in total. The molecule has 0 aliphatic heterocycles. The van der Waals surface area contributed by atoms with Crippen LogP contribution in [0.4, 0.5) is 5.69 Å². The van der Waals surface area contributed by atoms with Gasteiger partial charge in [-0.15, -0.1) is 11.3 Å². The molecule has 0 fully saturated rings. The number of carbonyl (C=O) groups is 2. The lowest BCUT2D eigenvalue weighted by atomic mass is 10.1. The van der Waals surface area contributed by atoms with E-state index in [0.29, 0.717) is 10.6 Å². The van der Waals surface area contributed by atoms with Crippen molar-refractivity contribution in [1.82, 2.24) is 9.38 Å². The Labute approximate surface area is 128 Å². The minimum atomic E-state index is -0.619. The van der Waals surface area contributed by atoms with Gasteiger partial charge >= 0.3 is 0 Å². The molecule has 0 saturated carbocycles. The number of thiazole rings is 1. The molecule has 0 unspecified atom stereocenters. The zero-order valence-electron chi connectivity index (χ0n) is 10.5. The van der Waals surface area contributed by atoms with Gasteiger partial charge < -0.3 is 11.1 Å². The first-order valence-corrected chi connectivity index (χ1v) is 7.15. The fourth-order valence-corrected chi connectivity index (χ4v) is 2.97. The molecule has 3 N–H and O–H groups in total. The third-order valence-electron chi connectivity index (χ3n) is 2.88. The van der Waals surface area contributed by atoms with Gasteiger partial charge in [0.15, 0.2) is 15.8 Å². The molecule has 0 bridgehead atoms. The number of anilines is 1. The minimum absolute atomic E-state index is 0.107. The molecular weight excluding hydrogens is 312 g/mol. The number of amides is 2. The topological polar surface area (TPSA) is 89.5 Å². The van der Waals surface area contributed by atoms with Crippen LogP contribution < -0.4 is 11.1 Å². The predicted molar refractivity (Wildman–Crippen MR) is 81.0 cm³/mol. The van der Waals surface area contributed by atoms with Crippen LogP contribution in [0.1, 0.15) is 20.8 Å². The summed E-state index contributed by atoms with van der Waals surface area (Å²) >= 11 is 7.36. The molecule has 3 aromatic rings. The van der Waals surface area contributed by atoms with Crippen molar-refractivity contribution < 1.29 is 9.59 Å². The second kappa shape index (κ2) is 5.19. The van der Waals surface area contributed by atoms with Gasteiger partial charge in [-0.2, -0.15) is 0 Å². The van der Waals surface area contributed by atoms with Gasteiger partial charge in [0, 0.05) is 11.6 Å². The fraction of sp³-hybridized carbons (Fsp3) is 0. The van der Waals surface area contributed by atoms with E-state index in [0.717, 1.165) is 0 Å². The number of para-hydroxylation sites is 1. The molecule has 0 saturated heterocycles. The summed E-state index contributed by atoms with van der Waals surface area (Å²) in [5.74, 6) is -1.08. The van der Waals surface area contributed by atoms with Gasteiger partial charge in [0.1, 0.15) is 0 Å². The molecule has 0 atom stereocenters. The first kappa shape index (κ1) is 13.6. The van der Waals surface area contributed by atoms with Crippen LogP contribution in [0.2, 0.25) is 5.15 Å². The monoisotopic (exact) mass is 320 g/mol. The van der Waals surface area contributed by atoms with E-state index in [9.17, 15) is 9.59 Å². The molecular formula is C13H9ClN4O2S. The van der Waals surface area contributed by atoms with Gasteiger partial charge in [-0.1, -0.05) is 23.7 Å². The molecule has 1 aromatic carbocycles. The van der Waals surface area contributed by atoms with Gasteiger partial charge in [-0.05, 0) is 12.1 Å². The molecule has 3 rings (SSSR count). The average Bonchev–Trinajstić information content (AvgIpc) is 2.98. The maximum absolute atomic E-state index is 12.4. The number of aromatic nitrogens is 2. The largest absolute Gasteiger partial charge is 0.366 e. The van der Waals surface area contributed by atoms with E-state index in [1.807, 2.05) is 0 Å². The highest BCUT2D eigenvalue weighted by Crippen LogP contribution is 2.23. The van der Waals surface area contributed by atoms with Crippen LogP contribution in [0.15, 0.2) is 35.8 Å². The molecule has 0 aliphatic rings. The van der Waals surface area contributed by atoms with Crippen LogP contribution in [0.25, 0.3) is 4.96 Å². The number of rotatable bonds is 3. The molecule has 8 heteroatoms. The highest BCUT2D eigenvalue weighted by atomic mass is 35.5. The third-order valence-corrected chi connectivity index (χ3v) is 3.90. The number of imidazole rings is 1. The maximum atomic E-state index is 12.4. The predicted octanol–water partition coefficient (Wildman–Crippen LogP) is 2.40. The quantitative estimate of drug-likeness (QED) is 0.776. The van der Waals surface area contributed by atoms with E-state index in [4.69, 9.17) is 17.3 Å². The molecule has 0 spiro atoms. The van der Waals surface area contributed by atoms with E-state index in [2.05, 4.69) is 10.3 Å². The van der Waals surface area contributed by atoms with Crippen molar-refractivity contribution in [3.8, 4) is 0 Å². The first-order valence-electron chi connectivity index (χ1n) is 5.89. The Morgan fingerprint density at radius 2 is 2.10 bits per heavy atom. The highest BCUT2D eigenvalue weighted by molar-refractivity contribution is 7.15. The van der Waals surface area contributed by atoms with Gasteiger partial charge in [0.25, 0.3) is 11.8 Å². The molecule has 2 heterocycles. The van der Waals surface area contributed by atoms with Crippen LogP contribution in [0, 0.1) is 0 Å². The van der Waals surface area contributed by atoms with E-state index in [1.54, 1.807) is 34.2 Å². The van der Waals surface area contributed by atoms with Crippen LogP contribution in [0.3, 0.4) is 0 Å². The Hall–Kier alpha value is -2.38. The summed E-state index contributed by atoms with van der Waals surface area (Å²) in [4.78, 5) is 28.4. The smallest absolute Gasteiger partial charge is 0.275 e. The lowest BCUT2D eigenvalue weighted by Gasteiger charge is -2.08. The van der Waals surface area contributed by atoms with Crippen LogP contribution >= 0.6 is 22.9 Å². The van der Waals surface area contributed by atoms with Crippen molar-refractivity contribution in [3.05, 3.63) is 52.3 Å². The summed E-state index contributed by atoms with van der Waals surface area (Å²) in [6, 6.07) is 6.49. The van der Waals surface area contributed by atoms with Crippen LogP contribution in [-0.4, -0.2) is 21.2 Å². The standard InChI is InChI=1S/C13H9ClN4O2S/c14-10-9(18-5-6-21-13(18)17-10)12(20)16-8-4-2-1-3-7(8)11(15)19/h1-6H,(H2,15,19)(H,16,20). The average molecular weight is 321 g/mol. The summed E-state index contributed by atoms with van der Waals surface area (Å²) in [5.41, 5.74) is 6.06. The van der Waals surface area contributed by atoms with E-state index in [1.165, 1.54) is 17.4 Å². The van der Waals surface area contributed by atoms with Crippen molar-refractivity contribution in [2.24, 2.45) is 5.73 Å². The van der Waals surface area contributed by atoms with Gasteiger partial charge in [-0.3, -0.25) is 14.0 Å². The van der Waals surface area contributed by atoms with E-state index < -0.39 is 11.8 Å². The maximum Gasteiger partial charge on any atom is 0.275 e. The number of nitrogens with one attached hydrogen (secondary N) is 1. The van der Waals surface area contributed by atoms with Crippen molar-refractivity contribution in [2.45, 2.75) is 0 Å². The molecule has 106 valence electrons. The summed E-state index contributed by atoms with van der Waals surface area (Å²) < 4.78 is 1.59. The molecule has 2 amide bonds. The fourth-order valence-electron chi connectivity index (χ4n) is 1.95.